The van der Waals surface area contributed by atoms with Crippen molar-refractivity contribution in [2.45, 2.75) is 33.2 Å². The number of benzene rings is 1. The predicted octanol–water partition coefficient (Wildman–Crippen LogP) is 2.06. The first kappa shape index (κ1) is 20.7. The number of guanidine groups is 1. The lowest BCUT2D eigenvalue weighted by Gasteiger charge is -2.19. The summed E-state index contributed by atoms with van der Waals surface area (Å²) in [5, 5.41) is 14.6. The average Bonchev–Trinajstić information content (AvgIpc) is 3.12. The second kappa shape index (κ2) is 11.2. The number of halogens is 1. The number of anilines is 1. The van der Waals surface area contributed by atoms with E-state index in [0.29, 0.717) is 6.54 Å². The van der Waals surface area contributed by atoms with E-state index in [4.69, 9.17) is 0 Å². The first-order chi connectivity index (χ1) is 13.1. The molecule has 0 aliphatic rings. The first-order valence-corrected chi connectivity index (χ1v) is 9.49. The highest BCUT2D eigenvalue weighted by molar-refractivity contribution is 5.79. The maximum atomic E-state index is 13.3. The van der Waals surface area contributed by atoms with Gasteiger partial charge in [-0.1, -0.05) is 13.0 Å². The van der Waals surface area contributed by atoms with Crippen LogP contribution in [-0.4, -0.2) is 54.0 Å². The molecular weight excluding hydrogens is 345 g/mol. The Bertz CT molecular complexity index is 714. The van der Waals surface area contributed by atoms with E-state index in [9.17, 15) is 4.39 Å². The van der Waals surface area contributed by atoms with E-state index in [1.165, 1.54) is 6.07 Å². The minimum Gasteiger partial charge on any atom is -0.374 e. The van der Waals surface area contributed by atoms with Crippen molar-refractivity contribution in [2.24, 2.45) is 4.99 Å². The number of rotatable bonds is 10. The summed E-state index contributed by atoms with van der Waals surface area (Å²) >= 11 is 0. The molecule has 0 saturated heterocycles. The van der Waals surface area contributed by atoms with E-state index in [1.54, 1.807) is 18.5 Å². The van der Waals surface area contributed by atoms with Crippen LogP contribution in [0.1, 0.15) is 26.1 Å². The third-order valence-corrected chi connectivity index (χ3v) is 4.17. The molecule has 0 radical (unpaired) electrons. The molecule has 1 aromatic carbocycles. The summed E-state index contributed by atoms with van der Waals surface area (Å²) in [4.78, 5) is 6.65. The van der Waals surface area contributed by atoms with E-state index in [-0.39, 0.29) is 5.82 Å². The minimum absolute atomic E-state index is 0.213. The lowest BCUT2D eigenvalue weighted by molar-refractivity contribution is 0.626. The average molecular weight is 375 g/mol. The van der Waals surface area contributed by atoms with Crippen molar-refractivity contribution >= 4 is 11.6 Å². The topological polar surface area (TPSA) is 70.4 Å². The van der Waals surface area contributed by atoms with Crippen molar-refractivity contribution in [2.75, 3.05) is 38.1 Å². The Morgan fingerprint density at radius 2 is 2.15 bits per heavy atom. The van der Waals surface area contributed by atoms with Crippen LogP contribution in [0.15, 0.2) is 35.6 Å². The van der Waals surface area contributed by atoms with Gasteiger partial charge in [0.1, 0.15) is 18.0 Å². The molecule has 0 atom stereocenters. The Kier molecular flexibility index (Phi) is 8.54. The summed E-state index contributed by atoms with van der Waals surface area (Å²) in [6.45, 7) is 7.98. The van der Waals surface area contributed by atoms with Crippen LogP contribution in [0.5, 0.6) is 0 Å². The van der Waals surface area contributed by atoms with Crippen LogP contribution in [0.2, 0.25) is 0 Å². The molecule has 0 aliphatic heterocycles. The van der Waals surface area contributed by atoms with Crippen LogP contribution in [0.3, 0.4) is 0 Å². The van der Waals surface area contributed by atoms with Gasteiger partial charge in [0.25, 0.3) is 0 Å². The summed E-state index contributed by atoms with van der Waals surface area (Å²) in [6, 6.07) is 6.64. The molecule has 148 valence electrons. The molecule has 27 heavy (non-hydrogen) atoms. The Hall–Kier alpha value is -2.64. The predicted molar refractivity (Wildman–Crippen MR) is 108 cm³/mol. The third-order valence-electron chi connectivity index (χ3n) is 4.17. The monoisotopic (exact) mass is 375 g/mol. The van der Waals surface area contributed by atoms with Crippen LogP contribution in [0.25, 0.3) is 0 Å². The number of hydrogen-bond acceptors (Lipinski definition) is 4. The zero-order chi connectivity index (χ0) is 19.5. The highest BCUT2D eigenvalue weighted by Gasteiger charge is 2.03. The summed E-state index contributed by atoms with van der Waals surface area (Å²) in [5.41, 5.74) is 0.879. The van der Waals surface area contributed by atoms with Gasteiger partial charge in [0.15, 0.2) is 5.96 Å². The normalized spacial score (nSPS) is 11.5. The number of hydrogen-bond donors (Lipinski definition) is 2. The van der Waals surface area contributed by atoms with Gasteiger partial charge in [0, 0.05) is 51.9 Å². The molecule has 0 bridgehead atoms. The molecule has 2 rings (SSSR count). The fraction of sp³-hybridized carbons (Fsp3) is 0.526. The first-order valence-electron chi connectivity index (χ1n) is 9.49. The van der Waals surface area contributed by atoms with Gasteiger partial charge in [0.05, 0.1) is 0 Å². The lowest BCUT2D eigenvalue weighted by Crippen LogP contribution is -2.39. The Labute approximate surface area is 160 Å². The Balaban J connectivity index is 1.75. The molecule has 0 spiro atoms. The fourth-order valence-electron chi connectivity index (χ4n) is 2.72. The number of aromatic nitrogens is 3. The van der Waals surface area contributed by atoms with E-state index < -0.39 is 0 Å². The van der Waals surface area contributed by atoms with Gasteiger partial charge in [0.2, 0.25) is 0 Å². The molecule has 2 N–H and O–H groups in total. The minimum atomic E-state index is -0.213. The van der Waals surface area contributed by atoms with Crippen molar-refractivity contribution in [3.63, 3.8) is 0 Å². The molecule has 8 heteroatoms. The molecule has 0 amide bonds. The van der Waals surface area contributed by atoms with Gasteiger partial charge < -0.3 is 20.1 Å². The van der Waals surface area contributed by atoms with Crippen LogP contribution in [-0.2, 0) is 13.0 Å². The van der Waals surface area contributed by atoms with Crippen LogP contribution in [0.4, 0.5) is 10.1 Å². The number of aryl methyl sites for hydroxylation is 1. The number of nitrogens with one attached hydrogen (secondary N) is 2. The fourth-order valence-corrected chi connectivity index (χ4v) is 2.72. The van der Waals surface area contributed by atoms with Crippen molar-refractivity contribution in [3.05, 3.63) is 42.2 Å². The molecule has 0 saturated carbocycles. The smallest absolute Gasteiger partial charge is 0.191 e. The van der Waals surface area contributed by atoms with Crippen molar-refractivity contribution in [1.29, 1.82) is 0 Å². The van der Waals surface area contributed by atoms with Gasteiger partial charge in [-0.3, -0.25) is 4.99 Å². The van der Waals surface area contributed by atoms with Gasteiger partial charge in [-0.2, -0.15) is 0 Å². The molecular formula is C19H30FN7. The van der Waals surface area contributed by atoms with Crippen molar-refractivity contribution < 1.29 is 4.39 Å². The van der Waals surface area contributed by atoms with E-state index >= 15 is 0 Å². The van der Waals surface area contributed by atoms with Crippen LogP contribution >= 0.6 is 0 Å². The molecule has 2 aromatic rings. The second-order valence-corrected chi connectivity index (χ2v) is 6.24. The summed E-state index contributed by atoms with van der Waals surface area (Å²) in [5.74, 6) is 1.58. The van der Waals surface area contributed by atoms with E-state index in [1.807, 2.05) is 29.5 Å². The molecule has 1 heterocycles. The zero-order valence-corrected chi connectivity index (χ0v) is 16.5. The maximum Gasteiger partial charge on any atom is 0.191 e. The van der Waals surface area contributed by atoms with Crippen molar-refractivity contribution in [3.8, 4) is 0 Å². The largest absolute Gasteiger partial charge is 0.374 e. The SMILES string of the molecule is CCNC(=NCCCN(C)c1cccc(F)c1)NCCn1cnnc1CC. The van der Waals surface area contributed by atoms with Gasteiger partial charge in [-0.15, -0.1) is 10.2 Å². The van der Waals surface area contributed by atoms with Crippen molar-refractivity contribution in [1.82, 2.24) is 25.4 Å². The summed E-state index contributed by atoms with van der Waals surface area (Å²) in [6.07, 6.45) is 3.51. The Morgan fingerprint density at radius 3 is 2.89 bits per heavy atom. The molecule has 1 aromatic heterocycles. The van der Waals surface area contributed by atoms with Crippen LogP contribution in [0, 0.1) is 5.82 Å². The highest BCUT2D eigenvalue weighted by atomic mass is 19.1. The summed E-state index contributed by atoms with van der Waals surface area (Å²) < 4.78 is 15.3. The third kappa shape index (κ3) is 6.88. The van der Waals surface area contributed by atoms with E-state index in [0.717, 1.165) is 56.5 Å². The molecule has 0 aliphatic carbocycles. The number of nitrogens with zero attached hydrogens (tertiary/aromatic N) is 5. The molecule has 7 nitrogen and oxygen atoms in total. The molecule has 0 fully saturated rings. The second-order valence-electron chi connectivity index (χ2n) is 6.24. The zero-order valence-electron chi connectivity index (χ0n) is 16.5. The van der Waals surface area contributed by atoms with E-state index in [2.05, 4.69) is 32.7 Å². The van der Waals surface area contributed by atoms with Crippen LogP contribution < -0.4 is 15.5 Å². The highest BCUT2D eigenvalue weighted by Crippen LogP contribution is 2.13. The summed E-state index contributed by atoms with van der Waals surface area (Å²) in [7, 11) is 1.96. The maximum absolute atomic E-state index is 13.3. The molecule has 0 unspecified atom stereocenters. The Morgan fingerprint density at radius 1 is 1.30 bits per heavy atom. The number of aliphatic imine (C=N–C) groups is 1. The van der Waals surface area contributed by atoms with Gasteiger partial charge in [-0.05, 0) is 31.5 Å². The van der Waals surface area contributed by atoms with Gasteiger partial charge >= 0.3 is 0 Å². The quantitative estimate of drug-likeness (QED) is 0.378. The standard InChI is InChI=1S/C19H30FN7/c1-4-18-25-24-15-27(18)13-11-23-19(21-5-2)22-10-7-12-26(3)17-9-6-8-16(20)14-17/h6,8-9,14-15H,4-5,7,10-13H2,1-3H3,(H2,21,22,23). The lowest BCUT2D eigenvalue weighted by atomic mass is 10.2. The van der Waals surface area contributed by atoms with Gasteiger partial charge in [-0.25, -0.2) is 4.39 Å².